The van der Waals surface area contributed by atoms with Gasteiger partial charge in [0.15, 0.2) is 0 Å². The van der Waals surface area contributed by atoms with E-state index in [-0.39, 0.29) is 30.5 Å². The van der Waals surface area contributed by atoms with Gasteiger partial charge in [-0.2, -0.15) is 0 Å². The number of nitrogens with one attached hydrogen (secondary N) is 1. The summed E-state index contributed by atoms with van der Waals surface area (Å²) in [4.78, 5) is 25.6. The van der Waals surface area contributed by atoms with Gasteiger partial charge in [-0.05, 0) is 37.2 Å². The molecule has 0 bridgehead atoms. The molecular formula is C18H24N2O3. The Morgan fingerprint density at radius 3 is 2.65 bits per heavy atom. The van der Waals surface area contributed by atoms with Crippen LogP contribution in [0.2, 0.25) is 0 Å². The molecule has 1 heterocycles. The molecule has 1 aliphatic carbocycles. The molecule has 23 heavy (non-hydrogen) atoms. The molecule has 2 amide bonds. The SMILES string of the molecule is O=C(CN1CCCC1=O)N[C@@H](Cc1ccccc1)C1CC(O)C1. The summed E-state index contributed by atoms with van der Waals surface area (Å²) < 4.78 is 0. The van der Waals surface area contributed by atoms with Crippen LogP contribution < -0.4 is 5.32 Å². The first-order valence-corrected chi connectivity index (χ1v) is 8.41. The molecule has 1 aromatic carbocycles. The number of likely N-dealkylation sites (tertiary alicyclic amines) is 1. The van der Waals surface area contributed by atoms with Crippen LogP contribution in [0.5, 0.6) is 0 Å². The third kappa shape index (κ3) is 4.10. The molecule has 5 nitrogen and oxygen atoms in total. The van der Waals surface area contributed by atoms with E-state index in [0.29, 0.717) is 18.9 Å². The van der Waals surface area contributed by atoms with E-state index in [0.717, 1.165) is 25.7 Å². The van der Waals surface area contributed by atoms with Crippen molar-refractivity contribution in [1.29, 1.82) is 0 Å². The zero-order valence-electron chi connectivity index (χ0n) is 13.3. The van der Waals surface area contributed by atoms with E-state index in [1.54, 1.807) is 4.90 Å². The third-order valence-corrected chi connectivity index (χ3v) is 4.87. The highest BCUT2D eigenvalue weighted by molar-refractivity contribution is 5.86. The largest absolute Gasteiger partial charge is 0.393 e. The zero-order chi connectivity index (χ0) is 16.2. The second kappa shape index (κ2) is 7.13. The summed E-state index contributed by atoms with van der Waals surface area (Å²) in [6, 6.07) is 10.1. The van der Waals surface area contributed by atoms with E-state index in [4.69, 9.17) is 0 Å². The van der Waals surface area contributed by atoms with Crippen LogP contribution in [0.1, 0.15) is 31.2 Å². The fraction of sp³-hybridized carbons (Fsp3) is 0.556. The number of carbonyl (C=O) groups is 2. The highest BCUT2D eigenvalue weighted by atomic mass is 16.3. The highest BCUT2D eigenvalue weighted by Crippen LogP contribution is 2.31. The van der Waals surface area contributed by atoms with Gasteiger partial charge in [0, 0.05) is 19.0 Å². The standard InChI is InChI=1S/C18H24N2O3/c21-15-10-14(11-15)16(9-13-5-2-1-3-6-13)19-17(22)12-20-8-4-7-18(20)23/h1-3,5-6,14-16,21H,4,7-12H2,(H,19,22)/t14?,15?,16-/m0/s1. The van der Waals surface area contributed by atoms with E-state index in [2.05, 4.69) is 17.4 Å². The van der Waals surface area contributed by atoms with E-state index in [1.807, 2.05) is 18.2 Å². The van der Waals surface area contributed by atoms with Crippen molar-refractivity contribution in [3.8, 4) is 0 Å². The fourth-order valence-corrected chi connectivity index (χ4v) is 3.46. The summed E-state index contributed by atoms with van der Waals surface area (Å²) in [5.41, 5.74) is 1.18. The first kappa shape index (κ1) is 16.0. The van der Waals surface area contributed by atoms with Gasteiger partial charge >= 0.3 is 0 Å². The lowest BCUT2D eigenvalue weighted by Gasteiger charge is -2.38. The molecule has 1 aliphatic heterocycles. The van der Waals surface area contributed by atoms with Crippen LogP contribution in [-0.2, 0) is 16.0 Å². The van der Waals surface area contributed by atoms with Gasteiger partial charge in [-0.15, -0.1) is 0 Å². The second-order valence-corrected chi connectivity index (χ2v) is 6.67. The number of aliphatic hydroxyl groups excluding tert-OH is 1. The van der Waals surface area contributed by atoms with Crippen molar-refractivity contribution in [2.45, 2.75) is 44.2 Å². The molecule has 0 radical (unpaired) electrons. The smallest absolute Gasteiger partial charge is 0.239 e. The number of hydrogen-bond donors (Lipinski definition) is 2. The number of benzene rings is 1. The maximum absolute atomic E-state index is 12.3. The number of nitrogens with zero attached hydrogens (tertiary/aromatic N) is 1. The molecule has 5 heteroatoms. The lowest BCUT2D eigenvalue weighted by Crippen LogP contribution is -2.50. The molecule has 3 rings (SSSR count). The Bertz CT molecular complexity index is 555. The van der Waals surface area contributed by atoms with Crippen LogP contribution >= 0.6 is 0 Å². The van der Waals surface area contributed by atoms with Crippen molar-refractivity contribution >= 4 is 11.8 Å². The van der Waals surface area contributed by atoms with Crippen LogP contribution in [0.25, 0.3) is 0 Å². The first-order chi connectivity index (χ1) is 11.1. The minimum atomic E-state index is -0.240. The van der Waals surface area contributed by atoms with Crippen LogP contribution in [-0.4, -0.2) is 47.1 Å². The number of rotatable bonds is 6. The minimum Gasteiger partial charge on any atom is -0.393 e. The molecule has 1 aromatic rings. The average molecular weight is 316 g/mol. The molecule has 2 fully saturated rings. The van der Waals surface area contributed by atoms with Gasteiger partial charge < -0.3 is 15.3 Å². The van der Waals surface area contributed by atoms with Crippen molar-refractivity contribution < 1.29 is 14.7 Å². The van der Waals surface area contributed by atoms with Gasteiger partial charge in [-0.25, -0.2) is 0 Å². The Hall–Kier alpha value is -1.88. The number of amides is 2. The molecular weight excluding hydrogens is 292 g/mol. The van der Waals surface area contributed by atoms with Crippen molar-refractivity contribution in [1.82, 2.24) is 10.2 Å². The van der Waals surface area contributed by atoms with Crippen LogP contribution in [0, 0.1) is 5.92 Å². The molecule has 2 aliphatic rings. The topological polar surface area (TPSA) is 69.6 Å². The molecule has 0 aromatic heterocycles. The lowest BCUT2D eigenvalue weighted by molar-refractivity contribution is -0.133. The lowest BCUT2D eigenvalue weighted by atomic mass is 9.75. The predicted octanol–water partition coefficient (Wildman–Crippen LogP) is 1.11. The Kier molecular flexibility index (Phi) is 4.96. The molecule has 2 N–H and O–H groups in total. The molecule has 0 spiro atoms. The summed E-state index contributed by atoms with van der Waals surface area (Å²) in [6.07, 6.45) is 3.39. The van der Waals surface area contributed by atoms with Gasteiger partial charge in [0.2, 0.25) is 11.8 Å². The Balaban J connectivity index is 1.59. The van der Waals surface area contributed by atoms with Gasteiger partial charge in [0.25, 0.3) is 0 Å². The maximum atomic E-state index is 12.3. The maximum Gasteiger partial charge on any atom is 0.239 e. The monoisotopic (exact) mass is 316 g/mol. The van der Waals surface area contributed by atoms with Crippen LogP contribution in [0.15, 0.2) is 30.3 Å². The van der Waals surface area contributed by atoms with Crippen molar-refractivity contribution in [2.75, 3.05) is 13.1 Å². The molecule has 124 valence electrons. The van der Waals surface area contributed by atoms with Crippen molar-refractivity contribution in [3.63, 3.8) is 0 Å². The van der Waals surface area contributed by atoms with Gasteiger partial charge in [0.05, 0.1) is 12.6 Å². The first-order valence-electron chi connectivity index (χ1n) is 8.41. The zero-order valence-corrected chi connectivity index (χ0v) is 13.3. The van der Waals surface area contributed by atoms with Crippen LogP contribution in [0.3, 0.4) is 0 Å². The summed E-state index contributed by atoms with van der Waals surface area (Å²) in [5.74, 6) is 0.282. The Labute approximate surface area is 136 Å². The Morgan fingerprint density at radius 2 is 2.04 bits per heavy atom. The molecule has 1 atom stereocenters. The van der Waals surface area contributed by atoms with Gasteiger partial charge in [0.1, 0.15) is 0 Å². The highest BCUT2D eigenvalue weighted by Gasteiger charge is 2.35. The Morgan fingerprint density at radius 1 is 1.30 bits per heavy atom. The summed E-state index contributed by atoms with van der Waals surface area (Å²) in [7, 11) is 0. The summed E-state index contributed by atoms with van der Waals surface area (Å²) in [5, 5.41) is 12.7. The van der Waals surface area contributed by atoms with Gasteiger partial charge in [-0.3, -0.25) is 9.59 Å². The second-order valence-electron chi connectivity index (χ2n) is 6.67. The molecule has 1 saturated carbocycles. The van der Waals surface area contributed by atoms with E-state index < -0.39 is 0 Å². The third-order valence-electron chi connectivity index (χ3n) is 4.87. The van der Waals surface area contributed by atoms with Crippen molar-refractivity contribution in [2.24, 2.45) is 5.92 Å². The molecule has 1 saturated heterocycles. The van der Waals surface area contributed by atoms with Gasteiger partial charge in [-0.1, -0.05) is 30.3 Å². The summed E-state index contributed by atoms with van der Waals surface area (Å²) >= 11 is 0. The summed E-state index contributed by atoms with van der Waals surface area (Å²) in [6.45, 7) is 0.831. The van der Waals surface area contributed by atoms with E-state index in [9.17, 15) is 14.7 Å². The van der Waals surface area contributed by atoms with E-state index in [1.165, 1.54) is 5.56 Å². The van der Waals surface area contributed by atoms with Crippen LogP contribution in [0.4, 0.5) is 0 Å². The fourth-order valence-electron chi connectivity index (χ4n) is 3.46. The normalized spacial score (nSPS) is 25.1. The number of hydrogen-bond acceptors (Lipinski definition) is 3. The molecule has 0 unspecified atom stereocenters. The predicted molar refractivity (Wildman–Crippen MR) is 86.6 cm³/mol. The average Bonchev–Trinajstić information content (AvgIpc) is 2.89. The quantitative estimate of drug-likeness (QED) is 0.826. The van der Waals surface area contributed by atoms with Crippen molar-refractivity contribution in [3.05, 3.63) is 35.9 Å². The number of carbonyl (C=O) groups excluding carboxylic acids is 2. The minimum absolute atomic E-state index is 0.0194. The van der Waals surface area contributed by atoms with E-state index >= 15 is 0 Å². The number of aliphatic hydroxyl groups is 1.